The van der Waals surface area contributed by atoms with Crippen molar-refractivity contribution < 1.29 is 19.1 Å². The maximum atomic E-state index is 13.9. The van der Waals surface area contributed by atoms with Crippen LogP contribution in [-0.4, -0.2) is 83.4 Å². The van der Waals surface area contributed by atoms with Crippen molar-refractivity contribution in [3.05, 3.63) is 76.6 Å². The van der Waals surface area contributed by atoms with Crippen molar-refractivity contribution in [2.45, 2.75) is 33.4 Å². The Balaban J connectivity index is 1.53. The number of nitrogens with zero attached hydrogens (tertiary/aromatic N) is 5. The average Bonchev–Trinajstić information content (AvgIpc) is 3.33. The molecule has 2 heterocycles. The number of ether oxygens (including phenoxy) is 1. The molecule has 0 radical (unpaired) electrons. The van der Waals surface area contributed by atoms with Crippen LogP contribution in [0.3, 0.4) is 0 Å². The van der Waals surface area contributed by atoms with Gasteiger partial charge in [0.15, 0.2) is 0 Å². The van der Waals surface area contributed by atoms with E-state index in [2.05, 4.69) is 10.4 Å². The van der Waals surface area contributed by atoms with Crippen LogP contribution in [0.15, 0.2) is 54.7 Å². The number of halogens is 1. The van der Waals surface area contributed by atoms with E-state index in [0.717, 1.165) is 16.9 Å². The number of amides is 4. The second kappa shape index (κ2) is 13.0. The van der Waals surface area contributed by atoms with Crippen molar-refractivity contribution in [1.29, 1.82) is 0 Å². The molecule has 0 unspecified atom stereocenters. The Morgan fingerprint density at radius 3 is 2.62 bits per heavy atom. The smallest absolute Gasteiger partial charge is 0.318 e. The molecule has 1 aliphatic heterocycles. The predicted molar refractivity (Wildman–Crippen MR) is 154 cm³/mol. The Morgan fingerprint density at radius 2 is 1.95 bits per heavy atom. The van der Waals surface area contributed by atoms with E-state index < -0.39 is 0 Å². The van der Waals surface area contributed by atoms with Gasteiger partial charge in [0.2, 0.25) is 5.91 Å². The van der Waals surface area contributed by atoms with Crippen LogP contribution >= 0.6 is 11.6 Å². The molecule has 0 saturated heterocycles. The van der Waals surface area contributed by atoms with Gasteiger partial charge in [0.05, 0.1) is 35.1 Å². The molecular formula is C29H35ClN6O4. The zero-order valence-corrected chi connectivity index (χ0v) is 24.0. The lowest BCUT2D eigenvalue weighted by Gasteiger charge is -2.30. The van der Waals surface area contributed by atoms with Crippen LogP contribution in [0.5, 0.6) is 0 Å². The molecule has 212 valence electrons. The fraction of sp³-hybridized carbons (Fsp3) is 0.379. The number of carbonyl (C=O) groups excluding carboxylic acids is 3. The molecule has 0 spiro atoms. The van der Waals surface area contributed by atoms with Crippen molar-refractivity contribution in [3.8, 4) is 5.69 Å². The van der Waals surface area contributed by atoms with E-state index in [9.17, 15) is 14.4 Å². The Labute approximate surface area is 239 Å². The molecule has 4 amide bonds. The first-order valence-electron chi connectivity index (χ1n) is 13.3. The van der Waals surface area contributed by atoms with Gasteiger partial charge in [-0.3, -0.25) is 9.59 Å². The molecule has 1 atom stereocenters. The number of anilines is 1. The third-order valence-electron chi connectivity index (χ3n) is 6.97. The van der Waals surface area contributed by atoms with Crippen molar-refractivity contribution in [2.75, 3.05) is 44.8 Å². The van der Waals surface area contributed by atoms with E-state index in [1.165, 1.54) is 0 Å². The first-order valence-corrected chi connectivity index (χ1v) is 13.6. The Hall–Kier alpha value is -3.89. The van der Waals surface area contributed by atoms with Crippen LogP contribution in [0.25, 0.3) is 5.69 Å². The number of likely N-dealkylation sites (N-methyl/N-ethyl adjacent to an activating group) is 1. The standard InChI is InChI=1S/C29H35ClN6O4/c1-5-33(14-15-40-4)27(37)17-31-29(39)34-19-22-8-6-7-9-26(22)35(18-21(34)3)28(38)24-11-10-23(16-25(24)30)36-13-12-20(2)32-36/h6-13,16,21H,5,14-15,17-19H2,1-4H3,(H,31,39)/t21-/m1/s1. The van der Waals surface area contributed by atoms with Crippen LogP contribution in [0.4, 0.5) is 10.5 Å². The quantitative estimate of drug-likeness (QED) is 0.446. The number of nitrogens with one attached hydrogen (secondary N) is 1. The van der Waals surface area contributed by atoms with E-state index in [4.69, 9.17) is 16.3 Å². The Morgan fingerprint density at radius 1 is 1.18 bits per heavy atom. The van der Waals surface area contributed by atoms with Gasteiger partial charge in [-0.2, -0.15) is 5.10 Å². The molecule has 1 aromatic heterocycles. The lowest BCUT2D eigenvalue weighted by molar-refractivity contribution is -0.130. The molecule has 1 aliphatic rings. The van der Waals surface area contributed by atoms with Gasteiger partial charge in [-0.15, -0.1) is 0 Å². The number of rotatable bonds is 8. The first kappa shape index (κ1) is 29.1. The second-order valence-corrected chi connectivity index (χ2v) is 10.1. The van der Waals surface area contributed by atoms with E-state index >= 15 is 0 Å². The summed E-state index contributed by atoms with van der Waals surface area (Å²) in [5.74, 6) is -0.447. The summed E-state index contributed by atoms with van der Waals surface area (Å²) in [5.41, 5.74) is 3.51. The SMILES string of the molecule is CCN(CCOC)C(=O)CNC(=O)N1Cc2ccccc2N(C(=O)c2ccc(-n3ccc(C)n3)cc2Cl)C[C@H]1C. The molecule has 11 heteroatoms. The second-order valence-electron chi connectivity index (χ2n) is 9.71. The molecule has 0 bridgehead atoms. The maximum Gasteiger partial charge on any atom is 0.318 e. The normalized spacial score (nSPS) is 14.9. The van der Waals surface area contributed by atoms with Crippen LogP contribution in [0.1, 0.15) is 35.5 Å². The fourth-order valence-electron chi connectivity index (χ4n) is 4.72. The molecule has 2 aromatic carbocycles. The predicted octanol–water partition coefficient (Wildman–Crippen LogP) is 3.89. The van der Waals surface area contributed by atoms with Gasteiger partial charge in [-0.25, -0.2) is 9.48 Å². The number of benzene rings is 2. The number of para-hydroxylation sites is 1. The summed E-state index contributed by atoms with van der Waals surface area (Å²) in [6, 6.07) is 13.9. The van der Waals surface area contributed by atoms with E-state index in [1.807, 2.05) is 63.4 Å². The molecule has 1 N–H and O–H groups in total. The maximum absolute atomic E-state index is 13.9. The first-order chi connectivity index (χ1) is 19.2. The van der Waals surface area contributed by atoms with Crippen LogP contribution in [0, 0.1) is 6.92 Å². The molecule has 40 heavy (non-hydrogen) atoms. The zero-order valence-electron chi connectivity index (χ0n) is 23.3. The fourth-order valence-corrected chi connectivity index (χ4v) is 4.98. The number of hydrogen-bond acceptors (Lipinski definition) is 5. The highest BCUT2D eigenvalue weighted by Gasteiger charge is 2.32. The average molecular weight is 567 g/mol. The summed E-state index contributed by atoms with van der Waals surface area (Å²) in [5, 5.41) is 7.48. The molecular weight excluding hydrogens is 532 g/mol. The van der Waals surface area contributed by atoms with Gasteiger partial charge < -0.3 is 24.8 Å². The van der Waals surface area contributed by atoms with Gasteiger partial charge in [-0.1, -0.05) is 29.8 Å². The number of methoxy groups -OCH3 is 1. The van der Waals surface area contributed by atoms with Crippen molar-refractivity contribution in [1.82, 2.24) is 24.9 Å². The number of urea groups is 1. The van der Waals surface area contributed by atoms with Gasteiger partial charge in [-0.05, 0) is 56.7 Å². The number of fused-ring (bicyclic) bond motifs is 1. The van der Waals surface area contributed by atoms with E-state index in [0.29, 0.717) is 36.0 Å². The largest absolute Gasteiger partial charge is 0.383 e. The van der Waals surface area contributed by atoms with Crippen molar-refractivity contribution >= 4 is 35.1 Å². The molecule has 0 aliphatic carbocycles. The third kappa shape index (κ3) is 6.46. The number of hydrogen-bond donors (Lipinski definition) is 1. The van der Waals surface area contributed by atoms with Crippen molar-refractivity contribution in [3.63, 3.8) is 0 Å². The molecule has 4 rings (SSSR count). The third-order valence-corrected chi connectivity index (χ3v) is 7.28. The minimum absolute atomic E-state index is 0.123. The summed E-state index contributed by atoms with van der Waals surface area (Å²) in [6.45, 7) is 7.48. The summed E-state index contributed by atoms with van der Waals surface area (Å²) in [6.07, 6.45) is 1.84. The minimum atomic E-state index is -0.371. The topological polar surface area (TPSA) is 100 Å². The Kier molecular flexibility index (Phi) is 9.44. The molecule has 3 aromatic rings. The Bertz CT molecular complexity index is 1380. The van der Waals surface area contributed by atoms with Crippen LogP contribution in [0.2, 0.25) is 5.02 Å². The highest BCUT2D eigenvalue weighted by molar-refractivity contribution is 6.34. The minimum Gasteiger partial charge on any atom is -0.383 e. The molecule has 0 saturated carbocycles. The van der Waals surface area contributed by atoms with Gasteiger partial charge in [0, 0.05) is 51.2 Å². The number of aryl methyl sites for hydroxylation is 1. The van der Waals surface area contributed by atoms with Gasteiger partial charge in [0.1, 0.15) is 0 Å². The van der Waals surface area contributed by atoms with Crippen LogP contribution < -0.4 is 10.2 Å². The summed E-state index contributed by atoms with van der Waals surface area (Å²) < 4.78 is 6.77. The summed E-state index contributed by atoms with van der Waals surface area (Å²) >= 11 is 6.62. The molecule has 0 fully saturated rings. The van der Waals surface area contributed by atoms with Gasteiger partial charge in [0.25, 0.3) is 5.91 Å². The van der Waals surface area contributed by atoms with Crippen LogP contribution in [-0.2, 0) is 16.1 Å². The lowest BCUT2D eigenvalue weighted by Crippen LogP contribution is -2.50. The number of aromatic nitrogens is 2. The zero-order chi connectivity index (χ0) is 28.8. The summed E-state index contributed by atoms with van der Waals surface area (Å²) in [7, 11) is 1.58. The number of carbonyl (C=O) groups is 3. The monoisotopic (exact) mass is 566 g/mol. The highest BCUT2D eigenvalue weighted by Crippen LogP contribution is 2.30. The van der Waals surface area contributed by atoms with Gasteiger partial charge >= 0.3 is 6.03 Å². The molecule has 10 nitrogen and oxygen atoms in total. The lowest BCUT2D eigenvalue weighted by atomic mass is 10.1. The highest BCUT2D eigenvalue weighted by atomic mass is 35.5. The van der Waals surface area contributed by atoms with Crippen molar-refractivity contribution in [2.24, 2.45) is 0 Å². The van der Waals surface area contributed by atoms with E-state index in [1.54, 1.807) is 38.6 Å². The summed E-state index contributed by atoms with van der Waals surface area (Å²) in [4.78, 5) is 44.7. The van der Waals surface area contributed by atoms with E-state index in [-0.39, 0.29) is 43.5 Å².